The fraction of sp³-hybridized carbons (Fsp3) is 1.00. The summed E-state index contributed by atoms with van der Waals surface area (Å²) >= 11 is 0. The molecular weight excluding hydrogens is 242 g/mol. The van der Waals surface area contributed by atoms with E-state index in [0.717, 1.165) is 11.8 Å². The number of ether oxygens (including phenoxy) is 2. The highest BCUT2D eigenvalue weighted by Gasteiger charge is 2.39. The molecule has 2 N–H and O–H groups in total. The van der Waals surface area contributed by atoms with Gasteiger partial charge in [0.05, 0.1) is 32.0 Å². The Morgan fingerprint density at radius 2 is 2.05 bits per heavy atom. The largest absolute Gasteiger partial charge is 0.389 e. The Labute approximate surface area is 116 Å². The zero-order valence-corrected chi connectivity index (χ0v) is 12.3. The minimum atomic E-state index is -0.404. The molecule has 2 saturated carbocycles. The van der Waals surface area contributed by atoms with Crippen molar-refractivity contribution >= 4 is 0 Å². The SMILES string of the molecule is CC(C)OCCOCC(O)CNC1CC2CCC1C2. The van der Waals surface area contributed by atoms with Crippen LogP contribution in [0.25, 0.3) is 0 Å². The summed E-state index contributed by atoms with van der Waals surface area (Å²) in [7, 11) is 0. The van der Waals surface area contributed by atoms with Crippen LogP contribution in [0.2, 0.25) is 0 Å². The standard InChI is InChI=1S/C15H29NO3/c1-11(2)19-6-5-18-10-14(17)9-16-15-8-12-3-4-13(15)7-12/h11-17H,3-10H2,1-2H3. The van der Waals surface area contributed by atoms with E-state index in [2.05, 4.69) is 5.32 Å². The Morgan fingerprint density at radius 3 is 2.68 bits per heavy atom. The Kier molecular flexibility index (Phi) is 6.07. The molecule has 0 radical (unpaired) electrons. The van der Waals surface area contributed by atoms with Gasteiger partial charge in [-0.3, -0.25) is 0 Å². The Hall–Kier alpha value is -0.160. The number of nitrogens with one attached hydrogen (secondary N) is 1. The van der Waals surface area contributed by atoms with E-state index in [1.165, 1.54) is 25.7 Å². The molecule has 0 aromatic rings. The molecule has 0 aliphatic heterocycles. The molecule has 112 valence electrons. The number of aliphatic hydroxyl groups excluding tert-OH is 1. The molecule has 19 heavy (non-hydrogen) atoms. The second-order valence-electron chi connectivity index (χ2n) is 6.34. The minimum absolute atomic E-state index is 0.243. The van der Waals surface area contributed by atoms with Crippen LogP contribution < -0.4 is 5.32 Å². The summed E-state index contributed by atoms with van der Waals surface area (Å²) in [5.74, 6) is 1.81. The van der Waals surface area contributed by atoms with Gasteiger partial charge in [-0.15, -0.1) is 0 Å². The number of fused-ring (bicyclic) bond motifs is 2. The highest BCUT2D eigenvalue weighted by molar-refractivity contribution is 4.94. The first-order valence-electron chi connectivity index (χ1n) is 7.76. The van der Waals surface area contributed by atoms with Crippen LogP contribution in [-0.2, 0) is 9.47 Å². The minimum Gasteiger partial charge on any atom is -0.389 e. The van der Waals surface area contributed by atoms with E-state index in [-0.39, 0.29) is 6.10 Å². The van der Waals surface area contributed by atoms with E-state index in [1.807, 2.05) is 13.8 Å². The average molecular weight is 271 g/mol. The van der Waals surface area contributed by atoms with Crippen molar-refractivity contribution in [2.75, 3.05) is 26.4 Å². The van der Waals surface area contributed by atoms with Crippen molar-refractivity contribution in [3.05, 3.63) is 0 Å². The summed E-state index contributed by atoms with van der Waals surface area (Å²) in [6.07, 6.45) is 5.34. The lowest BCUT2D eigenvalue weighted by Crippen LogP contribution is -2.40. The van der Waals surface area contributed by atoms with Crippen LogP contribution in [0.5, 0.6) is 0 Å². The van der Waals surface area contributed by atoms with Gasteiger partial charge in [0.25, 0.3) is 0 Å². The summed E-state index contributed by atoms with van der Waals surface area (Å²) in [6, 6.07) is 0.637. The Bertz CT molecular complexity index is 260. The van der Waals surface area contributed by atoms with Crippen molar-refractivity contribution in [1.82, 2.24) is 5.32 Å². The predicted molar refractivity (Wildman–Crippen MR) is 75.2 cm³/mol. The van der Waals surface area contributed by atoms with Crippen LogP contribution in [0.15, 0.2) is 0 Å². The lowest BCUT2D eigenvalue weighted by molar-refractivity contribution is -0.0108. The van der Waals surface area contributed by atoms with E-state index in [4.69, 9.17) is 9.47 Å². The molecule has 0 aromatic heterocycles. The Morgan fingerprint density at radius 1 is 1.21 bits per heavy atom. The van der Waals surface area contributed by atoms with Gasteiger partial charge in [-0.05, 0) is 44.9 Å². The van der Waals surface area contributed by atoms with Crippen molar-refractivity contribution in [2.45, 2.75) is 57.8 Å². The molecule has 0 amide bonds. The molecule has 0 aromatic carbocycles. The van der Waals surface area contributed by atoms with Crippen molar-refractivity contribution in [1.29, 1.82) is 0 Å². The molecular formula is C15H29NO3. The van der Waals surface area contributed by atoms with Crippen molar-refractivity contribution in [3.8, 4) is 0 Å². The summed E-state index contributed by atoms with van der Waals surface area (Å²) in [4.78, 5) is 0. The van der Waals surface area contributed by atoms with Gasteiger partial charge in [-0.1, -0.05) is 6.42 Å². The lowest BCUT2D eigenvalue weighted by atomic mass is 9.95. The van der Waals surface area contributed by atoms with Gasteiger partial charge >= 0.3 is 0 Å². The molecule has 4 unspecified atom stereocenters. The summed E-state index contributed by atoms with van der Waals surface area (Å²) in [6.45, 7) is 6.23. The maximum Gasteiger partial charge on any atom is 0.0897 e. The topological polar surface area (TPSA) is 50.7 Å². The quantitative estimate of drug-likeness (QED) is 0.625. The second-order valence-corrected chi connectivity index (χ2v) is 6.34. The number of hydrogen-bond donors (Lipinski definition) is 2. The smallest absolute Gasteiger partial charge is 0.0897 e. The first-order chi connectivity index (χ1) is 9.15. The fourth-order valence-corrected chi connectivity index (χ4v) is 3.40. The Balaban J connectivity index is 1.47. The average Bonchev–Trinajstić information content (AvgIpc) is 2.97. The van der Waals surface area contributed by atoms with E-state index in [1.54, 1.807) is 0 Å². The van der Waals surface area contributed by atoms with Crippen LogP contribution in [0.4, 0.5) is 0 Å². The van der Waals surface area contributed by atoms with E-state index >= 15 is 0 Å². The molecule has 0 heterocycles. The third kappa shape index (κ3) is 5.03. The highest BCUT2D eigenvalue weighted by atomic mass is 16.5. The third-order valence-corrected chi connectivity index (χ3v) is 4.34. The van der Waals surface area contributed by atoms with Gasteiger partial charge in [-0.25, -0.2) is 0 Å². The molecule has 0 spiro atoms. The third-order valence-electron chi connectivity index (χ3n) is 4.34. The molecule has 0 saturated heterocycles. The molecule has 4 nitrogen and oxygen atoms in total. The van der Waals surface area contributed by atoms with Gasteiger partial charge in [0.2, 0.25) is 0 Å². The van der Waals surface area contributed by atoms with Gasteiger partial charge in [-0.2, -0.15) is 0 Å². The molecule has 2 rings (SSSR count). The van der Waals surface area contributed by atoms with Crippen molar-refractivity contribution in [2.24, 2.45) is 11.8 Å². The number of rotatable bonds is 9. The number of hydrogen-bond acceptors (Lipinski definition) is 4. The van der Waals surface area contributed by atoms with Crippen LogP contribution in [-0.4, -0.2) is 49.7 Å². The lowest BCUT2D eigenvalue weighted by Gasteiger charge is -2.24. The van der Waals surface area contributed by atoms with Gasteiger partial charge in [0.1, 0.15) is 0 Å². The van der Waals surface area contributed by atoms with Crippen molar-refractivity contribution < 1.29 is 14.6 Å². The zero-order valence-electron chi connectivity index (χ0n) is 12.3. The van der Waals surface area contributed by atoms with Crippen LogP contribution in [0, 0.1) is 11.8 Å². The second kappa shape index (κ2) is 7.58. The molecule has 2 bridgehead atoms. The highest BCUT2D eigenvalue weighted by Crippen LogP contribution is 2.44. The molecule has 2 fully saturated rings. The fourth-order valence-electron chi connectivity index (χ4n) is 3.40. The zero-order chi connectivity index (χ0) is 13.7. The first-order valence-corrected chi connectivity index (χ1v) is 7.76. The molecule has 4 heteroatoms. The molecule has 2 aliphatic carbocycles. The van der Waals surface area contributed by atoms with Gasteiger partial charge < -0.3 is 19.9 Å². The number of aliphatic hydroxyl groups is 1. The van der Waals surface area contributed by atoms with E-state index in [0.29, 0.717) is 32.4 Å². The summed E-state index contributed by atoms with van der Waals surface area (Å²) in [5, 5.41) is 13.4. The predicted octanol–water partition coefficient (Wildman–Crippen LogP) is 1.57. The maximum absolute atomic E-state index is 9.86. The maximum atomic E-state index is 9.86. The summed E-state index contributed by atoms with van der Waals surface area (Å²) in [5.41, 5.74) is 0. The normalized spacial score (nSPS) is 31.3. The van der Waals surface area contributed by atoms with Crippen LogP contribution >= 0.6 is 0 Å². The van der Waals surface area contributed by atoms with Crippen LogP contribution in [0.1, 0.15) is 39.5 Å². The van der Waals surface area contributed by atoms with Crippen molar-refractivity contribution in [3.63, 3.8) is 0 Å². The molecule has 4 atom stereocenters. The summed E-state index contributed by atoms with van der Waals surface area (Å²) < 4.78 is 10.8. The first kappa shape index (κ1) is 15.2. The van der Waals surface area contributed by atoms with Gasteiger partial charge in [0, 0.05) is 12.6 Å². The molecule has 2 aliphatic rings. The van der Waals surface area contributed by atoms with Gasteiger partial charge in [0.15, 0.2) is 0 Å². The van der Waals surface area contributed by atoms with E-state index in [9.17, 15) is 5.11 Å². The monoisotopic (exact) mass is 271 g/mol. The van der Waals surface area contributed by atoms with E-state index < -0.39 is 6.10 Å². The van der Waals surface area contributed by atoms with Crippen LogP contribution in [0.3, 0.4) is 0 Å².